The molecule has 0 bridgehead atoms. The minimum Gasteiger partial charge on any atom is -0.274 e. The van der Waals surface area contributed by atoms with Crippen LogP contribution < -0.4 is 0 Å². The molecule has 0 N–H and O–H groups in total. The summed E-state index contributed by atoms with van der Waals surface area (Å²) in [6.45, 7) is 0. The van der Waals surface area contributed by atoms with Crippen LogP contribution >= 0.6 is 0 Å². The molecule has 0 saturated carbocycles. The molecule has 6 nitrogen and oxygen atoms in total. The highest BCUT2D eigenvalue weighted by Crippen LogP contribution is 2.08. The molecule has 0 saturated heterocycles. The van der Waals surface area contributed by atoms with Crippen molar-refractivity contribution in [1.29, 1.82) is 0 Å². The van der Waals surface area contributed by atoms with Crippen LogP contribution in [0, 0.1) is 0 Å². The number of hydrogen-bond acceptors (Lipinski definition) is 5. The highest BCUT2D eigenvalue weighted by molar-refractivity contribution is 7.90. The number of aromatic nitrogens is 1. The van der Waals surface area contributed by atoms with Gasteiger partial charge < -0.3 is 0 Å². The number of sulfone groups is 1. The lowest BCUT2D eigenvalue weighted by atomic mass is 10.3. The zero-order chi connectivity index (χ0) is 12.3. The SMILES string of the molecule is CON(C)C(=O)c1ccc(S(C)(=O)=O)cn1. The van der Waals surface area contributed by atoms with Crippen LogP contribution in [0.5, 0.6) is 0 Å². The van der Waals surface area contributed by atoms with Crippen LogP contribution in [0.2, 0.25) is 0 Å². The highest BCUT2D eigenvalue weighted by atomic mass is 32.2. The second kappa shape index (κ2) is 4.58. The number of hydrogen-bond donors (Lipinski definition) is 0. The van der Waals surface area contributed by atoms with Crippen molar-refractivity contribution in [3.63, 3.8) is 0 Å². The molecule has 0 unspecified atom stereocenters. The summed E-state index contributed by atoms with van der Waals surface area (Å²) in [4.78, 5) is 20.1. The van der Waals surface area contributed by atoms with Gasteiger partial charge in [0.05, 0.1) is 12.0 Å². The Labute approximate surface area is 93.7 Å². The molecule has 1 rings (SSSR count). The molecule has 0 aliphatic heterocycles. The van der Waals surface area contributed by atoms with E-state index in [0.717, 1.165) is 17.5 Å². The lowest BCUT2D eigenvalue weighted by molar-refractivity contribution is -0.0760. The molecular weight excluding hydrogens is 232 g/mol. The summed E-state index contributed by atoms with van der Waals surface area (Å²) in [6, 6.07) is 2.67. The maximum absolute atomic E-state index is 11.5. The van der Waals surface area contributed by atoms with E-state index < -0.39 is 15.7 Å². The van der Waals surface area contributed by atoms with E-state index in [0.29, 0.717) is 0 Å². The van der Waals surface area contributed by atoms with E-state index >= 15 is 0 Å². The van der Waals surface area contributed by atoms with Crippen LogP contribution in [0.1, 0.15) is 10.5 Å². The molecule has 16 heavy (non-hydrogen) atoms. The van der Waals surface area contributed by atoms with Crippen LogP contribution in [-0.2, 0) is 14.7 Å². The molecule has 1 amide bonds. The fourth-order valence-corrected chi connectivity index (χ4v) is 1.53. The standard InChI is InChI=1S/C9H12N2O4S/c1-11(15-2)9(12)8-5-4-7(6-10-8)16(3,13)14/h4-6H,1-3H3. The van der Waals surface area contributed by atoms with Crippen molar-refractivity contribution in [1.82, 2.24) is 10.0 Å². The van der Waals surface area contributed by atoms with Gasteiger partial charge in [0.25, 0.3) is 5.91 Å². The molecule has 0 radical (unpaired) electrons. The Morgan fingerprint density at radius 2 is 2.06 bits per heavy atom. The molecule has 0 aliphatic rings. The van der Waals surface area contributed by atoms with Crippen LogP contribution in [0.15, 0.2) is 23.2 Å². The first-order valence-electron chi connectivity index (χ1n) is 4.34. The summed E-state index contributed by atoms with van der Waals surface area (Å²) >= 11 is 0. The first-order valence-corrected chi connectivity index (χ1v) is 6.23. The Bertz CT molecular complexity index is 481. The molecule has 0 aromatic carbocycles. The van der Waals surface area contributed by atoms with Gasteiger partial charge in [-0.15, -0.1) is 0 Å². The van der Waals surface area contributed by atoms with Gasteiger partial charge in [-0.3, -0.25) is 9.63 Å². The van der Waals surface area contributed by atoms with Gasteiger partial charge in [-0.25, -0.2) is 18.5 Å². The maximum Gasteiger partial charge on any atom is 0.295 e. The molecule has 1 heterocycles. The van der Waals surface area contributed by atoms with Crippen molar-refractivity contribution >= 4 is 15.7 Å². The van der Waals surface area contributed by atoms with Crippen molar-refractivity contribution in [2.45, 2.75) is 4.90 Å². The summed E-state index contributed by atoms with van der Waals surface area (Å²) in [5.41, 5.74) is 0.122. The molecule has 0 fully saturated rings. The topological polar surface area (TPSA) is 76.6 Å². The Hall–Kier alpha value is -1.47. The minimum absolute atomic E-state index is 0.0733. The molecule has 1 aromatic heterocycles. The molecule has 0 aliphatic carbocycles. The highest BCUT2D eigenvalue weighted by Gasteiger charge is 2.14. The minimum atomic E-state index is -3.29. The van der Waals surface area contributed by atoms with Crippen LogP contribution in [-0.4, -0.2) is 44.8 Å². The maximum atomic E-state index is 11.5. The van der Waals surface area contributed by atoms with E-state index in [-0.39, 0.29) is 10.6 Å². The average molecular weight is 244 g/mol. The van der Waals surface area contributed by atoms with Crippen molar-refractivity contribution < 1.29 is 18.0 Å². The van der Waals surface area contributed by atoms with Gasteiger partial charge in [0.15, 0.2) is 9.84 Å². The Balaban J connectivity index is 3.00. The number of carbonyl (C=O) groups excluding carboxylic acids is 1. The number of rotatable bonds is 3. The third-order valence-electron chi connectivity index (χ3n) is 1.94. The van der Waals surface area contributed by atoms with E-state index in [2.05, 4.69) is 9.82 Å². The number of nitrogens with zero attached hydrogens (tertiary/aromatic N) is 2. The van der Waals surface area contributed by atoms with E-state index in [1.165, 1.54) is 26.3 Å². The lowest BCUT2D eigenvalue weighted by Gasteiger charge is -2.12. The molecule has 0 spiro atoms. The van der Waals surface area contributed by atoms with Crippen LogP contribution in [0.3, 0.4) is 0 Å². The van der Waals surface area contributed by atoms with Crippen LogP contribution in [0.4, 0.5) is 0 Å². The average Bonchev–Trinajstić information content (AvgIpc) is 2.26. The third kappa shape index (κ3) is 2.77. The van der Waals surface area contributed by atoms with Crippen molar-refractivity contribution in [2.75, 3.05) is 20.4 Å². The van der Waals surface area contributed by atoms with Gasteiger partial charge in [0, 0.05) is 19.5 Å². The second-order valence-electron chi connectivity index (χ2n) is 3.14. The Morgan fingerprint density at radius 1 is 1.44 bits per heavy atom. The summed E-state index contributed by atoms with van der Waals surface area (Å²) in [6.07, 6.45) is 2.22. The Morgan fingerprint density at radius 3 is 2.44 bits per heavy atom. The van der Waals surface area contributed by atoms with E-state index in [1.807, 2.05) is 0 Å². The van der Waals surface area contributed by atoms with Gasteiger partial charge in [-0.05, 0) is 12.1 Å². The van der Waals surface area contributed by atoms with Crippen molar-refractivity contribution in [3.05, 3.63) is 24.0 Å². The second-order valence-corrected chi connectivity index (χ2v) is 5.15. The molecule has 0 atom stereocenters. The quantitative estimate of drug-likeness (QED) is 0.706. The zero-order valence-electron chi connectivity index (χ0n) is 9.17. The molecular formula is C9H12N2O4S. The van der Waals surface area contributed by atoms with Gasteiger partial charge in [0.1, 0.15) is 5.69 Å². The normalized spacial score (nSPS) is 11.2. The summed E-state index contributed by atoms with van der Waals surface area (Å²) in [5.74, 6) is -0.442. The van der Waals surface area contributed by atoms with Gasteiger partial charge >= 0.3 is 0 Å². The van der Waals surface area contributed by atoms with E-state index in [4.69, 9.17) is 0 Å². The largest absolute Gasteiger partial charge is 0.295 e. The Kier molecular flexibility index (Phi) is 3.61. The van der Waals surface area contributed by atoms with Crippen LogP contribution in [0.25, 0.3) is 0 Å². The fourth-order valence-electron chi connectivity index (χ4n) is 0.970. The van der Waals surface area contributed by atoms with E-state index in [1.54, 1.807) is 0 Å². The first-order chi connectivity index (χ1) is 7.36. The van der Waals surface area contributed by atoms with Gasteiger partial charge in [0.2, 0.25) is 0 Å². The number of pyridine rings is 1. The smallest absolute Gasteiger partial charge is 0.274 e. The monoisotopic (exact) mass is 244 g/mol. The van der Waals surface area contributed by atoms with Gasteiger partial charge in [-0.1, -0.05) is 0 Å². The van der Waals surface area contributed by atoms with E-state index in [9.17, 15) is 13.2 Å². The predicted octanol–water partition coefficient (Wildman–Crippen LogP) is 0.118. The number of amides is 1. The first kappa shape index (κ1) is 12.6. The van der Waals surface area contributed by atoms with Crippen molar-refractivity contribution in [3.8, 4) is 0 Å². The number of hydroxylamine groups is 2. The predicted molar refractivity (Wildman–Crippen MR) is 56.4 cm³/mol. The summed E-state index contributed by atoms with van der Waals surface area (Å²) < 4.78 is 22.3. The summed E-state index contributed by atoms with van der Waals surface area (Å²) in [5, 5.41) is 1.00. The fraction of sp³-hybridized carbons (Fsp3) is 0.333. The summed E-state index contributed by atoms with van der Waals surface area (Å²) in [7, 11) is -0.501. The van der Waals surface area contributed by atoms with Gasteiger partial charge in [-0.2, -0.15) is 0 Å². The molecule has 7 heteroatoms. The third-order valence-corrected chi connectivity index (χ3v) is 3.04. The molecule has 88 valence electrons. The van der Waals surface area contributed by atoms with Crippen molar-refractivity contribution in [2.24, 2.45) is 0 Å². The number of carbonyl (C=O) groups is 1. The zero-order valence-corrected chi connectivity index (χ0v) is 9.98. The lowest BCUT2D eigenvalue weighted by Crippen LogP contribution is -2.26. The molecule has 1 aromatic rings.